The van der Waals surface area contributed by atoms with E-state index in [2.05, 4.69) is 17.9 Å². The number of amides is 1. The summed E-state index contributed by atoms with van der Waals surface area (Å²) in [6, 6.07) is 1.62. The van der Waals surface area contributed by atoms with Crippen molar-refractivity contribution < 1.29 is 13.2 Å². The predicted octanol–water partition coefficient (Wildman–Crippen LogP) is 2.82. The van der Waals surface area contributed by atoms with Crippen LogP contribution in [0.15, 0.2) is 9.70 Å². The molecule has 0 saturated carbocycles. The molecule has 8 nitrogen and oxygen atoms in total. The second kappa shape index (κ2) is 9.84. The number of carbonyl (C=O) groups excluding carboxylic acids is 1. The van der Waals surface area contributed by atoms with E-state index in [-0.39, 0.29) is 28.5 Å². The van der Waals surface area contributed by atoms with E-state index in [4.69, 9.17) is 12.2 Å². The van der Waals surface area contributed by atoms with Crippen LogP contribution in [0, 0.1) is 18.3 Å². The van der Waals surface area contributed by atoms with Crippen LogP contribution in [0.2, 0.25) is 0 Å². The topological polar surface area (TPSA) is 103 Å². The van der Waals surface area contributed by atoms with Gasteiger partial charge in [0.1, 0.15) is 21.8 Å². The number of hydrogen-bond acceptors (Lipinski definition) is 8. The van der Waals surface area contributed by atoms with Crippen LogP contribution in [-0.2, 0) is 21.2 Å². The number of carbonyl (C=O) groups is 1. The molecule has 3 aliphatic rings. The van der Waals surface area contributed by atoms with E-state index in [0.29, 0.717) is 33.3 Å². The van der Waals surface area contributed by atoms with Gasteiger partial charge in [-0.25, -0.2) is 8.42 Å². The maximum atomic E-state index is 13.3. The minimum atomic E-state index is -3.17. The molecule has 182 valence electrons. The Balaban J connectivity index is 1.83. The van der Waals surface area contributed by atoms with E-state index in [1.165, 1.54) is 4.90 Å². The number of thiocarbonyl (C=S) groups is 1. The van der Waals surface area contributed by atoms with Crippen molar-refractivity contribution in [3.8, 4) is 6.07 Å². The zero-order valence-corrected chi connectivity index (χ0v) is 21.8. The molecule has 1 aromatic rings. The highest BCUT2D eigenvalue weighted by atomic mass is 32.2. The number of anilines is 1. The van der Waals surface area contributed by atoms with Crippen LogP contribution >= 0.6 is 24.0 Å². The standard InChI is InChI=1S/C23H28N4O4S3/c1-3-4-10-26-20(25-8-5-6-9-25)17(15(2)18(13-24)21(26)28)12-19-22(29)27(23(32)33-19)16-7-11-34(30,31)14-16/h12,16H,3-11,14H2,1-2H3/b19-12+. The van der Waals surface area contributed by atoms with E-state index < -0.39 is 15.9 Å². The quantitative estimate of drug-likeness (QED) is 0.417. The smallest absolute Gasteiger partial charge is 0.270 e. The van der Waals surface area contributed by atoms with Gasteiger partial charge in [0, 0.05) is 25.2 Å². The summed E-state index contributed by atoms with van der Waals surface area (Å²) in [7, 11) is -3.17. The minimum absolute atomic E-state index is 0.0555. The molecule has 3 aliphatic heterocycles. The maximum absolute atomic E-state index is 13.3. The predicted molar refractivity (Wildman–Crippen MR) is 139 cm³/mol. The van der Waals surface area contributed by atoms with E-state index in [0.717, 1.165) is 56.4 Å². The zero-order chi connectivity index (χ0) is 24.6. The highest BCUT2D eigenvalue weighted by molar-refractivity contribution is 8.26. The number of nitrogens with zero attached hydrogens (tertiary/aromatic N) is 4. The first-order valence-corrected chi connectivity index (χ1v) is 14.6. The molecule has 0 radical (unpaired) electrons. The fraction of sp³-hybridized carbons (Fsp3) is 0.565. The first-order valence-electron chi connectivity index (χ1n) is 11.6. The van der Waals surface area contributed by atoms with Gasteiger partial charge < -0.3 is 4.90 Å². The van der Waals surface area contributed by atoms with Crippen molar-refractivity contribution in [2.75, 3.05) is 29.5 Å². The first kappa shape index (κ1) is 24.9. The van der Waals surface area contributed by atoms with Gasteiger partial charge in [0.15, 0.2) is 9.84 Å². The Hall–Kier alpha value is -2.16. The Kier molecular flexibility index (Phi) is 7.22. The molecule has 0 bridgehead atoms. The lowest BCUT2D eigenvalue weighted by Crippen LogP contribution is -2.39. The van der Waals surface area contributed by atoms with Crippen LogP contribution in [0.4, 0.5) is 5.82 Å². The SMILES string of the molecule is CCCCn1c(N2CCCC2)c(/C=C2/SC(=S)N(C3CCS(=O)(=O)C3)C2=O)c(C)c(C#N)c1=O. The van der Waals surface area contributed by atoms with E-state index in [1.54, 1.807) is 17.6 Å². The van der Waals surface area contributed by atoms with Gasteiger partial charge in [0.25, 0.3) is 11.5 Å². The van der Waals surface area contributed by atoms with Crippen molar-refractivity contribution in [3.05, 3.63) is 31.9 Å². The second-order valence-corrected chi connectivity index (χ2v) is 12.9. The van der Waals surface area contributed by atoms with Gasteiger partial charge in [-0.15, -0.1) is 0 Å². The molecule has 1 unspecified atom stereocenters. The third kappa shape index (κ3) is 4.55. The summed E-state index contributed by atoms with van der Waals surface area (Å²) in [5.41, 5.74) is 1.03. The van der Waals surface area contributed by atoms with Crippen LogP contribution in [0.1, 0.15) is 55.7 Å². The third-order valence-corrected chi connectivity index (χ3v) is 9.74. The molecular weight excluding hydrogens is 492 g/mol. The van der Waals surface area contributed by atoms with Gasteiger partial charge in [0.05, 0.1) is 22.5 Å². The molecule has 1 atom stereocenters. The number of sulfone groups is 1. The number of hydrogen-bond donors (Lipinski definition) is 0. The van der Waals surface area contributed by atoms with Gasteiger partial charge >= 0.3 is 0 Å². The van der Waals surface area contributed by atoms with E-state index in [9.17, 15) is 23.3 Å². The summed E-state index contributed by atoms with van der Waals surface area (Å²) in [5, 5.41) is 9.76. The van der Waals surface area contributed by atoms with Crippen molar-refractivity contribution in [1.29, 1.82) is 5.26 Å². The van der Waals surface area contributed by atoms with Crippen molar-refractivity contribution in [2.24, 2.45) is 0 Å². The first-order chi connectivity index (χ1) is 16.2. The number of thioether (sulfide) groups is 1. The van der Waals surface area contributed by atoms with Gasteiger partial charge in [-0.1, -0.05) is 37.3 Å². The maximum Gasteiger partial charge on any atom is 0.270 e. The fourth-order valence-electron chi connectivity index (χ4n) is 4.84. The van der Waals surface area contributed by atoms with Gasteiger partial charge in [-0.3, -0.25) is 19.1 Å². The highest BCUT2D eigenvalue weighted by Gasteiger charge is 2.42. The molecule has 0 aliphatic carbocycles. The Bertz CT molecular complexity index is 1270. The third-order valence-electron chi connectivity index (χ3n) is 6.66. The summed E-state index contributed by atoms with van der Waals surface area (Å²) in [4.78, 5) is 30.6. The average molecular weight is 521 g/mol. The van der Waals surface area contributed by atoms with E-state index >= 15 is 0 Å². The van der Waals surface area contributed by atoms with Crippen molar-refractivity contribution in [1.82, 2.24) is 9.47 Å². The lowest BCUT2D eigenvalue weighted by atomic mass is 10.0. The van der Waals surface area contributed by atoms with E-state index in [1.807, 2.05) is 0 Å². The molecule has 1 aromatic heterocycles. The Morgan fingerprint density at radius 2 is 1.97 bits per heavy atom. The fourth-order valence-corrected chi connectivity index (χ4v) is 7.92. The lowest BCUT2D eigenvalue weighted by molar-refractivity contribution is -0.123. The molecule has 4 heterocycles. The molecule has 0 spiro atoms. The highest BCUT2D eigenvalue weighted by Crippen LogP contribution is 2.38. The molecule has 11 heteroatoms. The molecule has 34 heavy (non-hydrogen) atoms. The molecule has 3 saturated heterocycles. The summed E-state index contributed by atoms with van der Waals surface area (Å²) in [6.07, 6.45) is 5.85. The Morgan fingerprint density at radius 1 is 1.26 bits per heavy atom. The normalized spacial score (nSPS) is 23.3. The molecule has 0 N–H and O–H groups in total. The number of pyridine rings is 1. The monoisotopic (exact) mass is 520 g/mol. The molecule has 1 amide bonds. The summed E-state index contributed by atoms with van der Waals surface area (Å²) in [6.45, 7) is 5.91. The molecule has 3 fully saturated rings. The summed E-state index contributed by atoms with van der Waals surface area (Å²) < 4.78 is 26.0. The molecule has 4 rings (SSSR count). The van der Waals surface area contributed by atoms with Crippen molar-refractivity contribution in [3.63, 3.8) is 0 Å². The van der Waals surface area contributed by atoms with Crippen LogP contribution in [-0.4, -0.2) is 58.7 Å². The second-order valence-electron chi connectivity index (χ2n) is 8.96. The zero-order valence-electron chi connectivity index (χ0n) is 19.4. The van der Waals surface area contributed by atoms with Crippen molar-refractivity contribution in [2.45, 2.75) is 58.5 Å². The average Bonchev–Trinajstić information content (AvgIpc) is 3.49. The van der Waals surface area contributed by atoms with Crippen LogP contribution in [0.3, 0.4) is 0 Å². The van der Waals surface area contributed by atoms with Crippen LogP contribution in [0.5, 0.6) is 0 Å². The van der Waals surface area contributed by atoms with Crippen molar-refractivity contribution >= 4 is 55.9 Å². The number of unbranched alkanes of at least 4 members (excludes halogenated alkanes) is 1. The van der Waals surface area contributed by atoms with Gasteiger partial charge in [0.2, 0.25) is 0 Å². The van der Waals surface area contributed by atoms with Crippen LogP contribution in [0.25, 0.3) is 6.08 Å². The van der Waals surface area contributed by atoms with Gasteiger partial charge in [-0.2, -0.15) is 5.26 Å². The summed E-state index contributed by atoms with van der Waals surface area (Å²) in [5.74, 6) is 0.417. The summed E-state index contributed by atoms with van der Waals surface area (Å²) >= 11 is 6.61. The number of nitriles is 1. The Morgan fingerprint density at radius 3 is 2.56 bits per heavy atom. The molecule has 0 aromatic carbocycles. The molecular formula is C23H28N4O4S3. The lowest BCUT2D eigenvalue weighted by Gasteiger charge is -2.27. The minimum Gasteiger partial charge on any atom is -0.357 e. The van der Waals surface area contributed by atoms with Gasteiger partial charge in [-0.05, 0) is 44.2 Å². The largest absolute Gasteiger partial charge is 0.357 e. The number of rotatable bonds is 6. The number of aromatic nitrogens is 1. The van der Waals surface area contributed by atoms with Crippen LogP contribution < -0.4 is 10.5 Å². The Labute approximate surface area is 209 Å².